The van der Waals surface area contributed by atoms with Crippen molar-refractivity contribution in [1.82, 2.24) is 5.32 Å². The molecule has 0 fully saturated rings. The van der Waals surface area contributed by atoms with Gasteiger partial charge in [-0.25, -0.2) is 4.79 Å². The lowest BCUT2D eigenvalue weighted by Gasteiger charge is -2.07. The molecule has 2 aromatic rings. The maximum Gasteiger partial charge on any atom is 0.335 e. The maximum absolute atomic E-state index is 12.1. The Bertz CT molecular complexity index is 1070. The van der Waals surface area contributed by atoms with E-state index in [4.69, 9.17) is 14.9 Å². The number of hydrogen-bond acceptors (Lipinski definition) is 6. The summed E-state index contributed by atoms with van der Waals surface area (Å²) in [6.07, 6.45) is 1.19. The summed E-state index contributed by atoms with van der Waals surface area (Å²) in [7, 11) is -4.42. The molecule has 0 aliphatic heterocycles. The van der Waals surface area contributed by atoms with Gasteiger partial charge >= 0.3 is 5.97 Å². The number of rotatable bonds is 7. The Labute approximate surface area is 160 Å². The number of nitrogens with zero attached hydrogens (tertiary/aromatic N) is 1. The number of carbonyl (C=O) groups is 2. The molecular weight excluding hydrogens is 386 g/mol. The Morgan fingerprint density at radius 3 is 2.39 bits per heavy atom. The largest absolute Gasteiger partial charge is 0.478 e. The summed E-state index contributed by atoms with van der Waals surface area (Å²) in [4.78, 5) is 22.6. The van der Waals surface area contributed by atoms with E-state index in [-0.39, 0.29) is 23.4 Å². The van der Waals surface area contributed by atoms with Crippen LogP contribution < -0.4 is 10.6 Å². The van der Waals surface area contributed by atoms with Crippen LogP contribution in [-0.4, -0.2) is 30.0 Å². The van der Waals surface area contributed by atoms with Crippen molar-refractivity contribution in [1.29, 1.82) is 5.26 Å². The molecule has 10 heteroatoms. The first-order chi connectivity index (χ1) is 13.2. The molecule has 0 aliphatic rings. The standard InChI is InChI=1S/C18H15N3O6S/c19-9-14(11-20-10-12-4-6-13(7-5-12)18(23)24)17(22)21-15-2-1-3-16(8-15)28(25,26)27/h1-8,11,20H,10H2,(H,21,22)(H,23,24)(H,25,26,27)/b14-11-. The van der Waals surface area contributed by atoms with Gasteiger partial charge in [0.15, 0.2) is 0 Å². The lowest BCUT2D eigenvalue weighted by molar-refractivity contribution is -0.112. The van der Waals surface area contributed by atoms with Crippen LogP contribution in [0.4, 0.5) is 5.69 Å². The van der Waals surface area contributed by atoms with Crippen LogP contribution in [0.25, 0.3) is 0 Å². The van der Waals surface area contributed by atoms with Gasteiger partial charge in [-0.3, -0.25) is 9.35 Å². The monoisotopic (exact) mass is 401 g/mol. The number of hydrogen-bond donors (Lipinski definition) is 4. The van der Waals surface area contributed by atoms with Crippen LogP contribution in [0.3, 0.4) is 0 Å². The van der Waals surface area contributed by atoms with Crippen molar-refractivity contribution in [3.8, 4) is 6.07 Å². The number of carboxylic acid groups (broad SMARTS) is 1. The molecule has 0 saturated carbocycles. The van der Waals surface area contributed by atoms with Gasteiger partial charge in [-0.15, -0.1) is 0 Å². The quantitative estimate of drug-likeness (QED) is 0.311. The summed E-state index contributed by atoms with van der Waals surface area (Å²) in [5.41, 5.74) is 0.702. The maximum atomic E-state index is 12.1. The molecule has 144 valence electrons. The van der Waals surface area contributed by atoms with Gasteiger partial charge < -0.3 is 15.7 Å². The Balaban J connectivity index is 2.03. The molecule has 1 amide bonds. The van der Waals surface area contributed by atoms with E-state index >= 15 is 0 Å². The predicted octanol–water partition coefficient (Wildman–Crippen LogP) is 1.77. The number of aromatic carboxylic acids is 1. The van der Waals surface area contributed by atoms with Gasteiger partial charge in [-0.2, -0.15) is 13.7 Å². The summed E-state index contributed by atoms with van der Waals surface area (Å²) in [5.74, 6) is -1.82. The zero-order chi connectivity index (χ0) is 20.7. The second-order valence-corrected chi connectivity index (χ2v) is 6.93. The van der Waals surface area contributed by atoms with Crippen LogP contribution in [0.1, 0.15) is 15.9 Å². The van der Waals surface area contributed by atoms with Crippen LogP contribution in [-0.2, 0) is 21.5 Å². The predicted molar refractivity (Wildman–Crippen MR) is 98.8 cm³/mol. The Kier molecular flexibility index (Phi) is 6.49. The van der Waals surface area contributed by atoms with Gasteiger partial charge in [0, 0.05) is 18.4 Å². The lowest BCUT2D eigenvalue weighted by atomic mass is 10.1. The first kappa shape index (κ1) is 20.6. The minimum Gasteiger partial charge on any atom is -0.478 e. The first-order valence-electron chi connectivity index (χ1n) is 7.75. The van der Waals surface area contributed by atoms with E-state index in [9.17, 15) is 18.0 Å². The summed E-state index contributed by atoms with van der Waals surface area (Å²) < 4.78 is 31.3. The number of benzene rings is 2. The Morgan fingerprint density at radius 1 is 1.14 bits per heavy atom. The second kappa shape index (κ2) is 8.81. The average molecular weight is 401 g/mol. The van der Waals surface area contributed by atoms with Crippen molar-refractivity contribution in [3.63, 3.8) is 0 Å². The van der Waals surface area contributed by atoms with Gasteiger partial charge in [-0.1, -0.05) is 18.2 Å². The van der Waals surface area contributed by atoms with E-state index in [2.05, 4.69) is 10.6 Å². The number of nitrogens with one attached hydrogen (secondary N) is 2. The smallest absolute Gasteiger partial charge is 0.335 e. The van der Waals surface area contributed by atoms with Gasteiger partial charge in [0.1, 0.15) is 11.6 Å². The highest BCUT2D eigenvalue weighted by Crippen LogP contribution is 2.15. The van der Waals surface area contributed by atoms with Crippen molar-refractivity contribution in [3.05, 3.63) is 71.4 Å². The molecule has 2 aromatic carbocycles. The van der Waals surface area contributed by atoms with Crippen LogP contribution in [0.15, 0.2) is 65.2 Å². The third-order valence-electron chi connectivity index (χ3n) is 3.51. The number of carbonyl (C=O) groups excluding carboxylic acids is 1. The zero-order valence-corrected chi connectivity index (χ0v) is 15.1. The number of anilines is 1. The van der Waals surface area contributed by atoms with Crippen LogP contribution in [0.5, 0.6) is 0 Å². The molecular formula is C18H15N3O6S. The summed E-state index contributed by atoms with van der Waals surface area (Å²) in [6.45, 7) is 0.247. The molecule has 28 heavy (non-hydrogen) atoms. The number of nitriles is 1. The normalized spacial score (nSPS) is 11.4. The summed E-state index contributed by atoms with van der Waals surface area (Å²) in [6, 6.07) is 12.7. The fraction of sp³-hybridized carbons (Fsp3) is 0.0556. The third-order valence-corrected chi connectivity index (χ3v) is 4.36. The van der Waals surface area contributed by atoms with Crippen molar-refractivity contribution in [2.75, 3.05) is 5.32 Å². The zero-order valence-electron chi connectivity index (χ0n) is 14.3. The molecule has 0 unspecified atom stereocenters. The molecule has 0 spiro atoms. The van der Waals surface area contributed by atoms with Crippen LogP contribution in [0.2, 0.25) is 0 Å². The molecule has 4 N–H and O–H groups in total. The molecule has 2 rings (SSSR count). The second-order valence-electron chi connectivity index (χ2n) is 5.51. The molecule has 0 saturated heterocycles. The van der Waals surface area contributed by atoms with E-state index in [1.807, 2.05) is 0 Å². The van der Waals surface area contributed by atoms with Crippen LogP contribution in [0, 0.1) is 11.3 Å². The van der Waals surface area contributed by atoms with E-state index in [0.29, 0.717) is 0 Å². The minimum absolute atomic E-state index is 0.0885. The fourth-order valence-corrected chi connectivity index (χ4v) is 2.64. The Hall–Kier alpha value is -3.68. The van der Waals surface area contributed by atoms with Gasteiger partial charge in [-0.05, 0) is 35.9 Å². The van der Waals surface area contributed by atoms with Crippen molar-refractivity contribution >= 4 is 27.7 Å². The molecule has 0 atom stereocenters. The van der Waals surface area contributed by atoms with Gasteiger partial charge in [0.05, 0.1) is 10.5 Å². The summed E-state index contributed by atoms with van der Waals surface area (Å²) >= 11 is 0. The van der Waals surface area contributed by atoms with Crippen LogP contribution >= 0.6 is 0 Å². The number of amides is 1. The third kappa shape index (κ3) is 5.66. The molecule has 0 heterocycles. The van der Waals surface area contributed by atoms with E-state index in [1.54, 1.807) is 18.2 Å². The van der Waals surface area contributed by atoms with Gasteiger partial charge in [0.25, 0.3) is 16.0 Å². The highest BCUT2D eigenvalue weighted by Gasteiger charge is 2.13. The highest BCUT2D eigenvalue weighted by molar-refractivity contribution is 7.85. The first-order valence-corrected chi connectivity index (χ1v) is 9.19. The highest BCUT2D eigenvalue weighted by atomic mass is 32.2. The Morgan fingerprint density at radius 2 is 1.82 bits per heavy atom. The van der Waals surface area contributed by atoms with Crippen molar-refractivity contribution in [2.45, 2.75) is 11.4 Å². The lowest BCUT2D eigenvalue weighted by Crippen LogP contribution is -2.17. The van der Waals surface area contributed by atoms with E-state index in [1.165, 1.54) is 30.5 Å². The van der Waals surface area contributed by atoms with E-state index in [0.717, 1.165) is 17.7 Å². The average Bonchev–Trinajstić information content (AvgIpc) is 2.65. The molecule has 0 radical (unpaired) electrons. The SMILES string of the molecule is N#C/C(=C/NCc1ccc(C(=O)O)cc1)C(=O)Nc1cccc(S(=O)(=O)O)c1. The minimum atomic E-state index is -4.42. The van der Waals surface area contributed by atoms with E-state index < -0.39 is 26.9 Å². The molecule has 0 aromatic heterocycles. The molecule has 9 nitrogen and oxygen atoms in total. The molecule has 0 bridgehead atoms. The molecule has 0 aliphatic carbocycles. The number of carboxylic acids is 1. The van der Waals surface area contributed by atoms with Gasteiger partial charge in [0.2, 0.25) is 0 Å². The fourth-order valence-electron chi connectivity index (χ4n) is 2.12. The van der Waals surface area contributed by atoms with Crippen molar-refractivity contribution < 1.29 is 27.7 Å². The topological polar surface area (TPSA) is 157 Å². The van der Waals surface area contributed by atoms with Crippen molar-refractivity contribution in [2.24, 2.45) is 0 Å². The summed E-state index contributed by atoms with van der Waals surface area (Å²) in [5, 5.41) is 23.1.